The molecule has 0 aliphatic carbocycles. The number of aromatic nitrogens is 1. The summed E-state index contributed by atoms with van der Waals surface area (Å²) in [5.41, 5.74) is 3.80. The van der Waals surface area contributed by atoms with Crippen molar-refractivity contribution in [3.05, 3.63) is 47.2 Å². The van der Waals surface area contributed by atoms with Crippen LogP contribution >= 0.6 is 0 Å². The van der Waals surface area contributed by atoms with Gasteiger partial charge in [-0.1, -0.05) is 6.07 Å². The maximum atomic E-state index is 12.5. The highest BCUT2D eigenvalue weighted by atomic mass is 16.5. The minimum absolute atomic E-state index is 0.228. The second kappa shape index (κ2) is 6.31. The van der Waals surface area contributed by atoms with Crippen LogP contribution in [-0.4, -0.2) is 22.9 Å². The van der Waals surface area contributed by atoms with E-state index >= 15 is 0 Å². The smallest absolute Gasteiger partial charge is 0.267 e. The number of ether oxygens (including phenoxy) is 1. The van der Waals surface area contributed by atoms with E-state index in [0.717, 1.165) is 16.9 Å². The molecule has 0 spiro atoms. The maximum absolute atomic E-state index is 12.5. The second-order valence-corrected chi connectivity index (χ2v) is 5.92. The fourth-order valence-electron chi connectivity index (χ4n) is 2.65. The minimum Gasteiger partial charge on any atom is -0.480 e. The van der Waals surface area contributed by atoms with Crippen LogP contribution in [0.4, 0.5) is 11.5 Å². The molecule has 6 nitrogen and oxygen atoms in total. The Kier molecular flexibility index (Phi) is 4.20. The van der Waals surface area contributed by atoms with Crippen LogP contribution in [0.3, 0.4) is 0 Å². The zero-order valence-electron chi connectivity index (χ0n) is 13.8. The third-order valence-corrected chi connectivity index (χ3v) is 4.00. The number of benzene rings is 1. The van der Waals surface area contributed by atoms with Crippen molar-refractivity contribution in [3.8, 4) is 5.75 Å². The SMILES string of the molecule is CC(=O)Nc1cccnc1NC(=O)[C@@H]1Cc2cc(C)c(C)cc2O1. The number of anilines is 2. The monoisotopic (exact) mass is 325 g/mol. The maximum Gasteiger partial charge on any atom is 0.267 e. The molecule has 1 aromatic carbocycles. The van der Waals surface area contributed by atoms with Gasteiger partial charge in [0, 0.05) is 19.5 Å². The topological polar surface area (TPSA) is 80.3 Å². The number of amides is 2. The molecule has 2 heterocycles. The lowest BCUT2D eigenvalue weighted by atomic mass is 10.0. The molecule has 2 amide bonds. The lowest BCUT2D eigenvalue weighted by molar-refractivity contribution is -0.122. The van der Waals surface area contributed by atoms with Gasteiger partial charge < -0.3 is 15.4 Å². The summed E-state index contributed by atoms with van der Waals surface area (Å²) in [7, 11) is 0. The van der Waals surface area contributed by atoms with Gasteiger partial charge in [0.25, 0.3) is 5.91 Å². The van der Waals surface area contributed by atoms with Crippen molar-refractivity contribution < 1.29 is 14.3 Å². The lowest BCUT2D eigenvalue weighted by Gasteiger charge is -2.13. The van der Waals surface area contributed by atoms with E-state index in [9.17, 15) is 9.59 Å². The standard InChI is InChI=1S/C18H19N3O3/c1-10-7-13-9-16(24-15(13)8-11(10)2)18(23)21-17-14(20-12(3)22)5-4-6-19-17/h4-8,16H,9H2,1-3H3,(H,20,22)(H,19,21,23)/t16-/m0/s1. The van der Waals surface area contributed by atoms with E-state index in [1.54, 1.807) is 18.3 Å². The fourth-order valence-corrected chi connectivity index (χ4v) is 2.65. The van der Waals surface area contributed by atoms with Crippen molar-refractivity contribution in [2.24, 2.45) is 0 Å². The molecule has 1 atom stereocenters. The molecule has 2 aromatic rings. The Balaban J connectivity index is 1.74. The Labute approximate surface area is 140 Å². The molecule has 0 unspecified atom stereocenters. The number of rotatable bonds is 3. The van der Waals surface area contributed by atoms with Crippen LogP contribution in [0.25, 0.3) is 0 Å². The molecule has 1 aliphatic heterocycles. The molecule has 0 fully saturated rings. The first kappa shape index (κ1) is 16.0. The molecule has 0 saturated heterocycles. The molecular formula is C18H19N3O3. The van der Waals surface area contributed by atoms with Gasteiger partial charge in [-0.2, -0.15) is 0 Å². The van der Waals surface area contributed by atoms with Crippen LogP contribution in [0.2, 0.25) is 0 Å². The Bertz CT molecular complexity index is 786. The van der Waals surface area contributed by atoms with Crippen molar-refractivity contribution in [1.82, 2.24) is 4.98 Å². The van der Waals surface area contributed by atoms with Crippen molar-refractivity contribution in [2.45, 2.75) is 33.3 Å². The third-order valence-electron chi connectivity index (χ3n) is 4.00. The van der Waals surface area contributed by atoms with Crippen LogP contribution in [-0.2, 0) is 16.0 Å². The summed E-state index contributed by atoms with van der Waals surface area (Å²) in [6, 6.07) is 7.39. The number of carbonyl (C=O) groups excluding carboxylic acids is 2. The fraction of sp³-hybridized carbons (Fsp3) is 0.278. The summed E-state index contributed by atoms with van der Waals surface area (Å²) in [6.45, 7) is 5.45. The Morgan fingerprint density at radius 1 is 1.21 bits per heavy atom. The third kappa shape index (κ3) is 3.22. The Morgan fingerprint density at radius 2 is 1.96 bits per heavy atom. The Morgan fingerprint density at radius 3 is 2.71 bits per heavy atom. The van der Waals surface area contributed by atoms with E-state index in [-0.39, 0.29) is 11.8 Å². The number of nitrogens with one attached hydrogen (secondary N) is 2. The van der Waals surface area contributed by atoms with E-state index in [1.807, 2.05) is 19.9 Å². The molecule has 0 radical (unpaired) electrons. The molecule has 6 heteroatoms. The zero-order valence-corrected chi connectivity index (χ0v) is 13.8. The van der Waals surface area contributed by atoms with Crippen LogP contribution in [0.1, 0.15) is 23.6 Å². The highest BCUT2D eigenvalue weighted by Gasteiger charge is 2.30. The summed E-state index contributed by atoms with van der Waals surface area (Å²) in [4.78, 5) is 27.9. The van der Waals surface area contributed by atoms with E-state index < -0.39 is 6.10 Å². The van der Waals surface area contributed by atoms with Gasteiger partial charge in [-0.3, -0.25) is 9.59 Å². The average molecular weight is 325 g/mol. The first-order valence-corrected chi connectivity index (χ1v) is 7.74. The van der Waals surface area contributed by atoms with Gasteiger partial charge in [0.05, 0.1) is 5.69 Å². The van der Waals surface area contributed by atoms with Gasteiger partial charge in [-0.15, -0.1) is 0 Å². The number of nitrogens with zero attached hydrogens (tertiary/aromatic N) is 1. The van der Waals surface area contributed by atoms with Gasteiger partial charge in [0.2, 0.25) is 5.91 Å². The highest BCUT2D eigenvalue weighted by molar-refractivity contribution is 5.99. The van der Waals surface area contributed by atoms with Crippen LogP contribution in [0.5, 0.6) is 5.75 Å². The second-order valence-electron chi connectivity index (χ2n) is 5.92. The van der Waals surface area contributed by atoms with Gasteiger partial charge in [0.15, 0.2) is 11.9 Å². The summed E-state index contributed by atoms with van der Waals surface area (Å²) in [5.74, 6) is 0.548. The number of carbonyl (C=O) groups is 2. The van der Waals surface area contributed by atoms with Gasteiger partial charge in [-0.05, 0) is 48.7 Å². The lowest BCUT2D eigenvalue weighted by Crippen LogP contribution is -2.32. The molecule has 1 aliphatic rings. The summed E-state index contributed by atoms with van der Waals surface area (Å²) < 4.78 is 5.77. The van der Waals surface area contributed by atoms with E-state index in [4.69, 9.17) is 4.74 Å². The van der Waals surface area contributed by atoms with Gasteiger partial charge >= 0.3 is 0 Å². The average Bonchev–Trinajstić information content (AvgIpc) is 2.92. The first-order chi connectivity index (χ1) is 11.4. The van der Waals surface area contributed by atoms with Crippen LogP contribution in [0.15, 0.2) is 30.5 Å². The molecule has 0 bridgehead atoms. The zero-order chi connectivity index (χ0) is 17.3. The molecule has 3 rings (SSSR count). The van der Waals surface area contributed by atoms with Crippen LogP contribution in [0, 0.1) is 13.8 Å². The summed E-state index contributed by atoms with van der Waals surface area (Å²) >= 11 is 0. The summed E-state index contributed by atoms with van der Waals surface area (Å²) in [6.07, 6.45) is 1.47. The first-order valence-electron chi connectivity index (χ1n) is 7.74. The number of fused-ring (bicyclic) bond motifs is 1. The number of hydrogen-bond donors (Lipinski definition) is 2. The van der Waals surface area contributed by atoms with Gasteiger partial charge in [-0.25, -0.2) is 4.98 Å². The van der Waals surface area contributed by atoms with E-state index in [0.29, 0.717) is 17.9 Å². The highest BCUT2D eigenvalue weighted by Crippen LogP contribution is 2.32. The van der Waals surface area contributed by atoms with Crippen LogP contribution < -0.4 is 15.4 Å². The molecular weight excluding hydrogens is 306 g/mol. The molecule has 124 valence electrons. The summed E-state index contributed by atoms with van der Waals surface area (Å²) in [5, 5.41) is 5.38. The quantitative estimate of drug-likeness (QED) is 0.909. The van der Waals surface area contributed by atoms with Crippen molar-refractivity contribution in [1.29, 1.82) is 0 Å². The van der Waals surface area contributed by atoms with Crippen molar-refractivity contribution in [3.63, 3.8) is 0 Å². The largest absolute Gasteiger partial charge is 0.480 e. The van der Waals surface area contributed by atoms with E-state index in [2.05, 4.69) is 21.7 Å². The number of pyridine rings is 1. The molecule has 0 saturated carbocycles. The Hall–Kier alpha value is -2.89. The molecule has 1 aromatic heterocycles. The van der Waals surface area contributed by atoms with Crippen molar-refractivity contribution >= 4 is 23.3 Å². The molecule has 2 N–H and O–H groups in total. The predicted molar refractivity (Wildman–Crippen MR) is 91.2 cm³/mol. The number of aryl methyl sites for hydroxylation is 2. The van der Waals surface area contributed by atoms with Gasteiger partial charge in [0.1, 0.15) is 5.75 Å². The normalized spacial score (nSPS) is 15.4. The number of hydrogen-bond acceptors (Lipinski definition) is 4. The van der Waals surface area contributed by atoms with Crippen molar-refractivity contribution in [2.75, 3.05) is 10.6 Å². The molecule has 24 heavy (non-hydrogen) atoms. The van der Waals surface area contributed by atoms with E-state index in [1.165, 1.54) is 12.5 Å². The minimum atomic E-state index is -0.603. The predicted octanol–water partition coefficient (Wildman–Crippen LogP) is 2.60.